The average molecular weight is 336 g/mol. The van der Waals surface area contributed by atoms with Crippen molar-refractivity contribution < 1.29 is 8.95 Å². The molecular weight excluding hydrogens is 318 g/mol. The molecule has 22 heavy (non-hydrogen) atoms. The third-order valence-corrected chi connectivity index (χ3v) is 4.56. The zero-order chi connectivity index (χ0) is 15.5. The van der Waals surface area contributed by atoms with Crippen LogP contribution >= 0.6 is 11.6 Å². The summed E-state index contributed by atoms with van der Waals surface area (Å²) in [5.41, 5.74) is 4.33. The lowest BCUT2D eigenvalue weighted by Crippen LogP contribution is -2.02. The van der Waals surface area contributed by atoms with Crippen molar-refractivity contribution in [1.29, 1.82) is 0 Å². The number of nitrogens with one attached hydrogen (secondary N) is 1. The Balaban J connectivity index is 1.74. The fourth-order valence-corrected chi connectivity index (χ4v) is 3.59. The van der Waals surface area contributed by atoms with Gasteiger partial charge in [-0.1, -0.05) is 23.7 Å². The van der Waals surface area contributed by atoms with Gasteiger partial charge in [0.25, 0.3) is 0 Å². The summed E-state index contributed by atoms with van der Waals surface area (Å²) >= 11 is 6.18. The summed E-state index contributed by atoms with van der Waals surface area (Å²) in [6.45, 7) is 1.38. The van der Waals surface area contributed by atoms with Crippen LogP contribution in [0.2, 0.25) is 5.02 Å². The van der Waals surface area contributed by atoms with Crippen LogP contribution in [0, 0.1) is 0 Å². The van der Waals surface area contributed by atoms with Gasteiger partial charge >= 0.3 is 0 Å². The largest absolute Gasteiger partial charge is 0.493 e. The fraction of sp³-hybridized carbons (Fsp3) is 0.294. The number of ether oxygens (including phenoxy) is 1. The molecule has 0 unspecified atom stereocenters. The average Bonchev–Trinajstić information content (AvgIpc) is 2.92. The molecule has 2 aromatic carbocycles. The van der Waals surface area contributed by atoms with Crippen LogP contribution in [0.25, 0.3) is 0 Å². The maximum absolute atomic E-state index is 11.3. The molecule has 116 valence electrons. The van der Waals surface area contributed by atoms with Gasteiger partial charge in [-0.3, -0.25) is 4.21 Å². The van der Waals surface area contributed by atoms with Crippen molar-refractivity contribution in [2.45, 2.75) is 18.7 Å². The van der Waals surface area contributed by atoms with E-state index in [2.05, 4.69) is 5.32 Å². The molecule has 5 heteroatoms. The van der Waals surface area contributed by atoms with Crippen LogP contribution in [0.15, 0.2) is 36.4 Å². The second-order valence-corrected chi connectivity index (χ2v) is 7.29. The SMILES string of the molecule is C[S@](=O)Cc1cccc(NCc2cc(Cl)cc3c2OCC3)c1. The van der Waals surface area contributed by atoms with Crippen LogP contribution < -0.4 is 10.1 Å². The minimum Gasteiger partial charge on any atom is -0.493 e. The molecule has 1 aliphatic rings. The van der Waals surface area contributed by atoms with Gasteiger partial charge in [-0.25, -0.2) is 0 Å². The number of anilines is 1. The molecule has 0 aromatic heterocycles. The molecular formula is C17H18ClNO2S. The summed E-state index contributed by atoms with van der Waals surface area (Å²) in [6, 6.07) is 11.9. The number of hydrogen-bond acceptors (Lipinski definition) is 3. The van der Waals surface area contributed by atoms with Crippen molar-refractivity contribution in [3.05, 3.63) is 58.1 Å². The molecule has 1 aliphatic heterocycles. The molecule has 0 fully saturated rings. The van der Waals surface area contributed by atoms with Crippen molar-refractivity contribution in [2.75, 3.05) is 18.2 Å². The molecule has 0 radical (unpaired) electrons. The van der Waals surface area contributed by atoms with Crippen molar-refractivity contribution in [3.8, 4) is 5.75 Å². The predicted octanol–water partition coefficient (Wildman–Crippen LogP) is 3.77. The van der Waals surface area contributed by atoms with Crippen LogP contribution in [0.4, 0.5) is 5.69 Å². The van der Waals surface area contributed by atoms with Gasteiger partial charge in [0.2, 0.25) is 0 Å². The standard InChI is InChI=1S/C17H18ClNO2S/c1-22(20)11-12-3-2-4-16(7-12)19-10-14-9-15(18)8-13-5-6-21-17(13)14/h2-4,7-9,19H,5-6,10-11H2,1H3/t22-/m0/s1. The Hall–Kier alpha value is -1.52. The van der Waals surface area contributed by atoms with Crippen LogP contribution in [0.3, 0.4) is 0 Å². The molecule has 0 saturated heterocycles. The summed E-state index contributed by atoms with van der Waals surface area (Å²) in [5.74, 6) is 1.54. The zero-order valence-electron chi connectivity index (χ0n) is 12.4. The van der Waals surface area contributed by atoms with Crippen molar-refractivity contribution in [3.63, 3.8) is 0 Å². The van der Waals surface area contributed by atoms with E-state index in [0.29, 0.717) is 12.3 Å². The molecule has 0 saturated carbocycles. The molecule has 1 heterocycles. The second-order valence-electron chi connectivity index (χ2n) is 5.42. The monoisotopic (exact) mass is 335 g/mol. The fourth-order valence-electron chi connectivity index (χ4n) is 2.68. The Labute approximate surface area is 138 Å². The first-order valence-corrected chi connectivity index (χ1v) is 9.29. The molecule has 3 nitrogen and oxygen atoms in total. The van der Waals surface area contributed by atoms with E-state index in [1.54, 1.807) is 6.26 Å². The number of hydrogen-bond donors (Lipinski definition) is 1. The lowest BCUT2D eigenvalue weighted by molar-refractivity contribution is 0.354. The van der Waals surface area contributed by atoms with E-state index in [0.717, 1.165) is 40.6 Å². The molecule has 3 rings (SSSR count). The van der Waals surface area contributed by atoms with E-state index < -0.39 is 10.8 Å². The highest BCUT2D eigenvalue weighted by atomic mass is 35.5. The smallest absolute Gasteiger partial charge is 0.127 e. The van der Waals surface area contributed by atoms with Crippen molar-refractivity contribution in [2.24, 2.45) is 0 Å². The Morgan fingerprint density at radius 3 is 3.00 bits per heavy atom. The van der Waals surface area contributed by atoms with Gasteiger partial charge in [-0.05, 0) is 35.4 Å². The zero-order valence-corrected chi connectivity index (χ0v) is 14.0. The molecule has 0 aliphatic carbocycles. The molecule has 1 N–H and O–H groups in total. The van der Waals surface area contributed by atoms with Crippen LogP contribution in [0.1, 0.15) is 16.7 Å². The van der Waals surface area contributed by atoms with Crippen LogP contribution in [0.5, 0.6) is 5.75 Å². The highest BCUT2D eigenvalue weighted by Gasteiger charge is 2.17. The van der Waals surface area contributed by atoms with Gasteiger partial charge in [-0.2, -0.15) is 0 Å². The summed E-state index contributed by atoms with van der Waals surface area (Å²) in [4.78, 5) is 0. The molecule has 0 amide bonds. The predicted molar refractivity (Wildman–Crippen MR) is 92.2 cm³/mol. The van der Waals surface area contributed by atoms with Crippen LogP contribution in [-0.4, -0.2) is 17.1 Å². The lowest BCUT2D eigenvalue weighted by Gasteiger charge is -2.12. The van der Waals surface area contributed by atoms with Gasteiger partial charge < -0.3 is 10.1 Å². The van der Waals surface area contributed by atoms with Crippen molar-refractivity contribution in [1.82, 2.24) is 0 Å². The van der Waals surface area contributed by atoms with Crippen LogP contribution in [-0.2, 0) is 29.5 Å². The van der Waals surface area contributed by atoms with E-state index in [1.165, 1.54) is 5.56 Å². The topological polar surface area (TPSA) is 38.3 Å². The van der Waals surface area contributed by atoms with E-state index >= 15 is 0 Å². The van der Waals surface area contributed by atoms with Crippen molar-refractivity contribution >= 4 is 28.1 Å². The van der Waals surface area contributed by atoms with Gasteiger partial charge in [0, 0.05) is 52.0 Å². The maximum Gasteiger partial charge on any atom is 0.127 e. The van der Waals surface area contributed by atoms with Gasteiger partial charge in [0.1, 0.15) is 5.75 Å². The molecule has 0 bridgehead atoms. The number of halogens is 1. The third-order valence-electron chi connectivity index (χ3n) is 3.61. The quantitative estimate of drug-likeness (QED) is 0.904. The summed E-state index contributed by atoms with van der Waals surface area (Å²) < 4.78 is 17.0. The molecule has 1 atom stereocenters. The highest BCUT2D eigenvalue weighted by molar-refractivity contribution is 7.83. The van der Waals surface area contributed by atoms with Gasteiger partial charge in [-0.15, -0.1) is 0 Å². The number of fused-ring (bicyclic) bond motifs is 1. The minimum atomic E-state index is -0.833. The Morgan fingerprint density at radius 2 is 2.18 bits per heavy atom. The normalized spacial score (nSPS) is 14.3. The summed E-state index contributed by atoms with van der Waals surface area (Å²) in [6.07, 6.45) is 2.63. The Kier molecular flexibility index (Phi) is 4.69. The van der Waals surface area contributed by atoms with E-state index in [1.807, 2.05) is 36.4 Å². The third kappa shape index (κ3) is 3.62. The Morgan fingerprint density at radius 1 is 1.32 bits per heavy atom. The van der Waals surface area contributed by atoms with Gasteiger partial charge in [0.05, 0.1) is 6.61 Å². The highest BCUT2D eigenvalue weighted by Crippen LogP contribution is 2.33. The van der Waals surface area contributed by atoms with E-state index in [9.17, 15) is 4.21 Å². The first-order valence-electron chi connectivity index (χ1n) is 7.19. The summed E-state index contributed by atoms with van der Waals surface area (Å²) in [7, 11) is -0.833. The number of rotatable bonds is 5. The summed E-state index contributed by atoms with van der Waals surface area (Å²) in [5, 5.41) is 4.14. The van der Waals surface area contributed by atoms with E-state index in [-0.39, 0.29) is 0 Å². The van der Waals surface area contributed by atoms with Gasteiger partial charge in [0.15, 0.2) is 0 Å². The van der Waals surface area contributed by atoms with E-state index in [4.69, 9.17) is 16.3 Å². The second kappa shape index (κ2) is 6.71. The molecule has 2 aromatic rings. The maximum atomic E-state index is 11.3. The molecule has 0 spiro atoms. The minimum absolute atomic E-state index is 0.575. The number of benzene rings is 2. The Bertz CT molecular complexity index is 718. The first-order chi connectivity index (χ1) is 10.6. The lowest BCUT2D eigenvalue weighted by atomic mass is 10.1. The first kappa shape index (κ1) is 15.4.